The molecule has 1 aromatic rings. The molecule has 0 fully saturated rings. The minimum atomic E-state index is -0.494. The predicted molar refractivity (Wildman–Crippen MR) is 127 cm³/mol. The molecule has 0 aliphatic rings. The SMILES string of the molecule is CCNC(=NCc1ccc(C(=O)NC)cc1)NCCCNC(=O)OC(C)(C)C.I. The molecule has 0 atom stereocenters. The third-order valence-corrected chi connectivity index (χ3v) is 3.52. The molecule has 4 N–H and O–H groups in total. The van der Waals surface area contributed by atoms with E-state index in [1.807, 2.05) is 39.8 Å². The third kappa shape index (κ3) is 12.2. The smallest absolute Gasteiger partial charge is 0.407 e. The Morgan fingerprint density at radius 3 is 2.21 bits per heavy atom. The maximum absolute atomic E-state index is 11.6. The van der Waals surface area contributed by atoms with Crippen LogP contribution in [-0.4, -0.2) is 50.2 Å². The fraction of sp³-hybridized carbons (Fsp3) is 0.550. The van der Waals surface area contributed by atoms with Crippen LogP contribution in [0.3, 0.4) is 0 Å². The lowest BCUT2D eigenvalue weighted by atomic mass is 10.1. The number of carbonyl (C=O) groups excluding carboxylic acids is 2. The molecule has 9 heteroatoms. The van der Waals surface area contributed by atoms with E-state index in [1.54, 1.807) is 19.2 Å². The molecule has 0 radical (unpaired) electrons. The van der Waals surface area contributed by atoms with Crippen LogP contribution in [0.1, 0.15) is 50.0 Å². The fourth-order valence-electron chi connectivity index (χ4n) is 2.22. The molecule has 1 rings (SSSR count). The van der Waals surface area contributed by atoms with Crippen LogP contribution >= 0.6 is 24.0 Å². The minimum absolute atomic E-state index is 0. The van der Waals surface area contributed by atoms with Crippen molar-refractivity contribution in [2.24, 2.45) is 4.99 Å². The summed E-state index contributed by atoms with van der Waals surface area (Å²) in [6.45, 7) is 9.92. The zero-order valence-corrected chi connectivity index (χ0v) is 20.3. The summed E-state index contributed by atoms with van der Waals surface area (Å²) in [4.78, 5) is 27.7. The van der Waals surface area contributed by atoms with E-state index in [0.717, 1.165) is 18.5 Å². The Morgan fingerprint density at radius 1 is 1.03 bits per heavy atom. The summed E-state index contributed by atoms with van der Waals surface area (Å²) in [5.41, 5.74) is 1.14. The molecule has 0 heterocycles. The molecule has 0 aromatic heterocycles. The summed E-state index contributed by atoms with van der Waals surface area (Å²) in [6.07, 6.45) is 0.332. The van der Waals surface area contributed by atoms with E-state index >= 15 is 0 Å². The second-order valence-electron chi connectivity index (χ2n) is 7.18. The van der Waals surface area contributed by atoms with Gasteiger partial charge >= 0.3 is 6.09 Å². The summed E-state index contributed by atoms with van der Waals surface area (Å²) in [7, 11) is 1.61. The summed E-state index contributed by atoms with van der Waals surface area (Å²) in [6, 6.07) is 7.35. The summed E-state index contributed by atoms with van der Waals surface area (Å²) in [5.74, 6) is 0.597. The van der Waals surface area contributed by atoms with Gasteiger partial charge in [-0.2, -0.15) is 0 Å². The first-order valence-electron chi connectivity index (χ1n) is 9.55. The Hall–Kier alpha value is -2.04. The lowest BCUT2D eigenvalue weighted by molar-refractivity contribution is 0.0527. The van der Waals surface area contributed by atoms with Gasteiger partial charge in [0.1, 0.15) is 5.60 Å². The van der Waals surface area contributed by atoms with Crippen molar-refractivity contribution in [3.8, 4) is 0 Å². The van der Waals surface area contributed by atoms with Crippen molar-refractivity contribution in [1.29, 1.82) is 0 Å². The molecule has 29 heavy (non-hydrogen) atoms. The lowest BCUT2D eigenvalue weighted by Gasteiger charge is -2.19. The van der Waals surface area contributed by atoms with Crippen LogP contribution in [0.4, 0.5) is 4.79 Å². The first-order valence-corrected chi connectivity index (χ1v) is 9.55. The molecule has 0 unspecified atom stereocenters. The van der Waals surface area contributed by atoms with Crippen molar-refractivity contribution in [1.82, 2.24) is 21.3 Å². The lowest BCUT2D eigenvalue weighted by Crippen LogP contribution is -2.39. The quantitative estimate of drug-likeness (QED) is 0.183. The highest BCUT2D eigenvalue weighted by Gasteiger charge is 2.15. The molecule has 0 spiro atoms. The van der Waals surface area contributed by atoms with E-state index in [-0.39, 0.29) is 29.9 Å². The highest BCUT2D eigenvalue weighted by molar-refractivity contribution is 14.0. The van der Waals surface area contributed by atoms with Gasteiger partial charge in [-0.15, -0.1) is 24.0 Å². The fourth-order valence-corrected chi connectivity index (χ4v) is 2.22. The maximum Gasteiger partial charge on any atom is 0.407 e. The zero-order chi connectivity index (χ0) is 21.0. The Balaban J connectivity index is 0.00000784. The normalized spacial score (nSPS) is 11.1. The number of benzene rings is 1. The van der Waals surface area contributed by atoms with Gasteiger partial charge in [0.05, 0.1) is 6.54 Å². The molecule has 2 amide bonds. The number of aliphatic imine (C=N–C) groups is 1. The second-order valence-corrected chi connectivity index (χ2v) is 7.18. The topological polar surface area (TPSA) is 104 Å². The largest absolute Gasteiger partial charge is 0.444 e. The molecule has 0 bridgehead atoms. The highest BCUT2D eigenvalue weighted by Crippen LogP contribution is 2.06. The third-order valence-electron chi connectivity index (χ3n) is 3.52. The van der Waals surface area contributed by atoms with Gasteiger partial charge in [0, 0.05) is 32.2 Å². The number of rotatable bonds is 8. The van der Waals surface area contributed by atoms with Gasteiger partial charge in [-0.25, -0.2) is 9.79 Å². The van der Waals surface area contributed by atoms with Crippen LogP contribution in [0.15, 0.2) is 29.3 Å². The number of hydrogen-bond donors (Lipinski definition) is 4. The number of hydrogen-bond acceptors (Lipinski definition) is 4. The molecule has 164 valence electrons. The zero-order valence-electron chi connectivity index (χ0n) is 17.9. The second kappa shape index (κ2) is 14.0. The number of nitrogens with one attached hydrogen (secondary N) is 4. The predicted octanol–water partition coefficient (Wildman–Crippen LogP) is 2.63. The number of halogens is 1. The van der Waals surface area contributed by atoms with Gasteiger partial charge in [-0.05, 0) is 51.8 Å². The van der Waals surface area contributed by atoms with E-state index in [4.69, 9.17) is 4.74 Å². The average Bonchev–Trinajstić information content (AvgIpc) is 2.64. The Labute approximate surface area is 190 Å². The molecule has 0 saturated carbocycles. The standard InChI is InChI=1S/C20H33N5O3.HI/c1-6-22-18(23-12-7-13-24-19(27)28-20(2,3)4)25-14-15-8-10-16(11-9-15)17(26)21-5;/h8-11H,6-7,12-14H2,1-5H3,(H,21,26)(H,24,27)(H2,22,23,25);1H. The first-order chi connectivity index (χ1) is 13.2. The molecule has 0 aliphatic heterocycles. The molecule has 1 aromatic carbocycles. The number of nitrogens with zero attached hydrogens (tertiary/aromatic N) is 1. The minimum Gasteiger partial charge on any atom is -0.444 e. The van der Waals surface area contributed by atoms with Gasteiger partial charge in [0.25, 0.3) is 5.91 Å². The summed E-state index contributed by atoms with van der Waals surface area (Å²) in [5, 5.41) is 11.7. The van der Waals surface area contributed by atoms with Gasteiger partial charge < -0.3 is 26.0 Å². The van der Waals surface area contributed by atoms with Gasteiger partial charge in [-0.3, -0.25) is 4.79 Å². The van der Waals surface area contributed by atoms with E-state index in [0.29, 0.717) is 31.2 Å². The van der Waals surface area contributed by atoms with Crippen molar-refractivity contribution >= 4 is 41.9 Å². The monoisotopic (exact) mass is 519 g/mol. The van der Waals surface area contributed by atoms with Crippen LogP contribution in [-0.2, 0) is 11.3 Å². The van der Waals surface area contributed by atoms with E-state index < -0.39 is 11.7 Å². The maximum atomic E-state index is 11.6. The Kier molecular flexibility index (Phi) is 13.0. The van der Waals surface area contributed by atoms with E-state index in [9.17, 15) is 9.59 Å². The van der Waals surface area contributed by atoms with Crippen LogP contribution in [0.5, 0.6) is 0 Å². The number of carbonyl (C=O) groups is 2. The van der Waals surface area contributed by atoms with Crippen LogP contribution in [0.25, 0.3) is 0 Å². The van der Waals surface area contributed by atoms with Crippen LogP contribution < -0.4 is 21.3 Å². The number of guanidine groups is 1. The number of ether oxygens (including phenoxy) is 1. The molecule has 8 nitrogen and oxygen atoms in total. The molecular weight excluding hydrogens is 485 g/mol. The highest BCUT2D eigenvalue weighted by atomic mass is 127. The van der Waals surface area contributed by atoms with Gasteiger partial charge in [-0.1, -0.05) is 12.1 Å². The number of amides is 2. The Morgan fingerprint density at radius 2 is 1.66 bits per heavy atom. The van der Waals surface area contributed by atoms with Gasteiger partial charge in [0.15, 0.2) is 5.96 Å². The van der Waals surface area contributed by atoms with Crippen molar-refractivity contribution in [3.05, 3.63) is 35.4 Å². The van der Waals surface area contributed by atoms with E-state index in [2.05, 4.69) is 26.3 Å². The van der Waals surface area contributed by atoms with E-state index in [1.165, 1.54) is 0 Å². The summed E-state index contributed by atoms with van der Waals surface area (Å²) >= 11 is 0. The van der Waals surface area contributed by atoms with Crippen LogP contribution in [0.2, 0.25) is 0 Å². The molecule has 0 saturated heterocycles. The Bertz CT molecular complexity index is 657. The molecular formula is C20H34IN5O3. The van der Waals surface area contributed by atoms with Crippen LogP contribution in [0, 0.1) is 0 Å². The number of alkyl carbamates (subject to hydrolysis) is 1. The van der Waals surface area contributed by atoms with Gasteiger partial charge in [0.2, 0.25) is 0 Å². The first kappa shape index (κ1) is 27.0. The van der Waals surface area contributed by atoms with Crippen molar-refractivity contribution in [3.63, 3.8) is 0 Å². The van der Waals surface area contributed by atoms with Crippen molar-refractivity contribution in [2.75, 3.05) is 26.7 Å². The molecule has 0 aliphatic carbocycles. The average molecular weight is 519 g/mol. The van der Waals surface area contributed by atoms with Crippen molar-refractivity contribution in [2.45, 2.75) is 46.3 Å². The summed E-state index contributed by atoms with van der Waals surface area (Å²) < 4.78 is 5.19. The van der Waals surface area contributed by atoms with Crippen molar-refractivity contribution < 1.29 is 14.3 Å².